The molecule has 1 atom stereocenters. The van der Waals surface area contributed by atoms with Crippen LogP contribution in [-0.2, 0) is 4.79 Å². The quantitative estimate of drug-likeness (QED) is 0.173. The molecule has 0 saturated carbocycles. The second-order valence-electron chi connectivity index (χ2n) is 8.00. The maximum Gasteiger partial charge on any atom is 0.221 e. The number of aliphatic imine (C=N–C) groups is 1. The lowest BCUT2D eigenvalue weighted by molar-refractivity contribution is -0.123. The number of likely N-dealkylation sites (tertiary alicyclic amines) is 1. The van der Waals surface area contributed by atoms with E-state index in [1.807, 2.05) is 0 Å². The summed E-state index contributed by atoms with van der Waals surface area (Å²) >= 11 is 0. The summed E-state index contributed by atoms with van der Waals surface area (Å²) in [5.41, 5.74) is 8.02. The molecule has 1 aromatic rings. The van der Waals surface area contributed by atoms with Crippen molar-refractivity contribution in [3.8, 4) is 0 Å². The van der Waals surface area contributed by atoms with E-state index in [9.17, 15) is 4.79 Å². The van der Waals surface area contributed by atoms with Gasteiger partial charge in [-0.15, -0.1) is 24.0 Å². The average Bonchev–Trinajstić information content (AvgIpc) is 2.74. The molecule has 4 N–H and O–H groups in total. The summed E-state index contributed by atoms with van der Waals surface area (Å²) in [6.45, 7) is 13.5. The first kappa shape index (κ1) is 27.5. The molecule has 1 aromatic carbocycles. The zero-order valence-corrected chi connectivity index (χ0v) is 21.7. The van der Waals surface area contributed by atoms with Crippen LogP contribution in [0.25, 0.3) is 0 Å². The van der Waals surface area contributed by atoms with Crippen molar-refractivity contribution in [1.29, 1.82) is 0 Å². The minimum Gasteiger partial charge on any atom is -0.370 e. The molecule has 1 heterocycles. The van der Waals surface area contributed by atoms with Gasteiger partial charge in [0.1, 0.15) is 0 Å². The van der Waals surface area contributed by atoms with E-state index in [4.69, 9.17) is 10.7 Å². The summed E-state index contributed by atoms with van der Waals surface area (Å²) in [5, 5.41) is 6.78. The highest BCUT2D eigenvalue weighted by molar-refractivity contribution is 14.0. The Labute approximate surface area is 205 Å². The molecule has 31 heavy (non-hydrogen) atoms. The largest absolute Gasteiger partial charge is 0.370 e. The molecular weight excluding hydrogens is 503 g/mol. The predicted octanol–water partition coefficient (Wildman–Crippen LogP) is 2.58. The van der Waals surface area contributed by atoms with Crippen LogP contribution < -0.4 is 21.3 Å². The molecule has 0 radical (unpaired) electrons. The van der Waals surface area contributed by atoms with Crippen molar-refractivity contribution in [3.05, 3.63) is 29.8 Å². The second kappa shape index (κ2) is 15.3. The number of nitrogens with two attached hydrogens (primary N) is 1. The van der Waals surface area contributed by atoms with Crippen LogP contribution in [0.1, 0.15) is 38.7 Å². The number of guanidine groups is 1. The smallest absolute Gasteiger partial charge is 0.221 e. The van der Waals surface area contributed by atoms with Crippen LogP contribution in [0, 0.1) is 12.8 Å². The highest BCUT2D eigenvalue weighted by Gasteiger charge is 2.23. The van der Waals surface area contributed by atoms with Gasteiger partial charge in [0.05, 0.1) is 5.92 Å². The number of piperidine rings is 1. The topological polar surface area (TPSA) is 86.0 Å². The lowest BCUT2D eigenvalue weighted by atomic mass is 9.97. The van der Waals surface area contributed by atoms with Crippen molar-refractivity contribution >= 4 is 41.5 Å². The number of likely N-dealkylation sites (N-methyl/N-ethyl adjacent to an activating group) is 1. The lowest BCUT2D eigenvalue weighted by Crippen LogP contribution is -2.42. The van der Waals surface area contributed by atoms with E-state index in [2.05, 4.69) is 65.5 Å². The summed E-state index contributed by atoms with van der Waals surface area (Å²) in [7, 11) is 0. The van der Waals surface area contributed by atoms with Crippen LogP contribution in [0.5, 0.6) is 0 Å². The van der Waals surface area contributed by atoms with Crippen LogP contribution in [0.4, 0.5) is 5.69 Å². The molecule has 8 heteroatoms. The molecule has 1 fully saturated rings. The number of rotatable bonds is 11. The van der Waals surface area contributed by atoms with E-state index in [1.54, 1.807) is 0 Å². The third-order valence-electron chi connectivity index (χ3n) is 5.58. The molecule has 0 bridgehead atoms. The first-order chi connectivity index (χ1) is 14.5. The first-order valence-electron chi connectivity index (χ1n) is 11.4. The molecule has 0 spiro atoms. The number of nitrogens with zero attached hydrogens (tertiary/aromatic N) is 3. The number of hydrogen-bond donors (Lipinski definition) is 3. The summed E-state index contributed by atoms with van der Waals surface area (Å²) in [4.78, 5) is 20.9. The molecule has 0 aromatic heterocycles. The molecule has 176 valence electrons. The van der Waals surface area contributed by atoms with Gasteiger partial charge in [-0.05, 0) is 70.8 Å². The van der Waals surface area contributed by atoms with E-state index >= 15 is 0 Å². The van der Waals surface area contributed by atoms with Gasteiger partial charge in [-0.2, -0.15) is 0 Å². The van der Waals surface area contributed by atoms with Crippen LogP contribution in [0.2, 0.25) is 0 Å². The summed E-state index contributed by atoms with van der Waals surface area (Å²) in [6.07, 6.45) is 2.96. The third-order valence-corrected chi connectivity index (χ3v) is 5.58. The number of nitrogens with one attached hydrogen (secondary N) is 2. The molecular formula is C23H41IN6O. The molecule has 2 rings (SSSR count). The highest BCUT2D eigenvalue weighted by atomic mass is 127. The summed E-state index contributed by atoms with van der Waals surface area (Å²) < 4.78 is 0. The molecule has 1 saturated heterocycles. The van der Waals surface area contributed by atoms with Crippen molar-refractivity contribution in [2.24, 2.45) is 16.6 Å². The summed E-state index contributed by atoms with van der Waals surface area (Å²) in [5.74, 6) is 0.714. The molecule has 1 aliphatic heterocycles. The van der Waals surface area contributed by atoms with Gasteiger partial charge >= 0.3 is 0 Å². The van der Waals surface area contributed by atoms with E-state index in [0.29, 0.717) is 0 Å². The fourth-order valence-corrected chi connectivity index (χ4v) is 3.92. The Morgan fingerprint density at radius 1 is 1.32 bits per heavy atom. The zero-order valence-electron chi connectivity index (χ0n) is 19.4. The number of aryl methyl sites for hydroxylation is 1. The lowest BCUT2D eigenvalue weighted by Gasteiger charge is -2.30. The molecule has 1 amide bonds. The number of anilines is 1. The van der Waals surface area contributed by atoms with Crippen molar-refractivity contribution < 1.29 is 4.79 Å². The zero-order chi connectivity index (χ0) is 21.8. The van der Waals surface area contributed by atoms with Crippen LogP contribution >= 0.6 is 24.0 Å². The van der Waals surface area contributed by atoms with Gasteiger partial charge in [0, 0.05) is 45.0 Å². The van der Waals surface area contributed by atoms with Crippen molar-refractivity contribution in [3.63, 3.8) is 0 Å². The van der Waals surface area contributed by atoms with E-state index in [1.165, 1.54) is 11.3 Å². The maximum atomic E-state index is 11.4. The number of benzene rings is 1. The third kappa shape index (κ3) is 10.1. The SMILES string of the molecule is CCNC(=NCCCN1CCCC(C(N)=O)C1)NCCN(CC)c1cccc(C)c1.I. The molecule has 1 aliphatic rings. The molecule has 1 unspecified atom stereocenters. The van der Waals surface area contributed by atoms with Gasteiger partial charge in [0.25, 0.3) is 0 Å². The van der Waals surface area contributed by atoms with E-state index in [0.717, 1.165) is 77.6 Å². The van der Waals surface area contributed by atoms with Gasteiger partial charge in [-0.25, -0.2) is 0 Å². The Hall–Kier alpha value is -1.55. The van der Waals surface area contributed by atoms with Crippen LogP contribution in [0.3, 0.4) is 0 Å². The Morgan fingerprint density at radius 3 is 2.81 bits per heavy atom. The number of carbonyl (C=O) groups is 1. The normalized spacial score (nSPS) is 17.0. The Kier molecular flexibility index (Phi) is 13.6. The number of amides is 1. The number of carbonyl (C=O) groups excluding carboxylic acids is 1. The van der Waals surface area contributed by atoms with Gasteiger partial charge in [0.15, 0.2) is 5.96 Å². The Bertz CT molecular complexity index is 684. The van der Waals surface area contributed by atoms with Crippen molar-refractivity contribution in [1.82, 2.24) is 15.5 Å². The predicted molar refractivity (Wildman–Crippen MR) is 141 cm³/mol. The number of hydrogen-bond acceptors (Lipinski definition) is 4. The Balaban J connectivity index is 0.00000480. The highest BCUT2D eigenvalue weighted by Crippen LogP contribution is 2.16. The van der Waals surface area contributed by atoms with Gasteiger partial charge < -0.3 is 26.2 Å². The fraction of sp³-hybridized carbons (Fsp3) is 0.652. The van der Waals surface area contributed by atoms with Crippen LogP contribution in [0.15, 0.2) is 29.3 Å². The summed E-state index contributed by atoms with van der Waals surface area (Å²) in [6, 6.07) is 8.63. The monoisotopic (exact) mass is 544 g/mol. The minimum atomic E-state index is -0.164. The fourth-order valence-electron chi connectivity index (χ4n) is 3.92. The average molecular weight is 545 g/mol. The minimum absolute atomic E-state index is 0. The van der Waals surface area contributed by atoms with E-state index in [-0.39, 0.29) is 35.8 Å². The van der Waals surface area contributed by atoms with Gasteiger partial charge in [-0.3, -0.25) is 9.79 Å². The van der Waals surface area contributed by atoms with Gasteiger partial charge in [-0.1, -0.05) is 12.1 Å². The maximum absolute atomic E-state index is 11.4. The van der Waals surface area contributed by atoms with E-state index < -0.39 is 0 Å². The Morgan fingerprint density at radius 2 is 2.13 bits per heavy atom. The standard InChI is InChI=1S/C23H40N6O.HI/c1-4-25-23(26-12-8-15-28-14-7-10-20(18-28)22(24)30)27-13-16-29(5-2)21-11-6-9-19(3)17-21;/h6,9,11,17,20H,4-5,7-8,10,12-16,18H2,1-3H3,(H2,24,30)(H2,25,26,27);1H. The second-order valence-corrected chi connectivity index (χ2v) is 8.00. The van der Waals surface area contributed by atoms with Crippen LogP contribution in [-0.4, -0.2) is 69.1 Å². The molecule has 0 aliphatic carbocycles. The van der Waals surface area contributed by atoms with Crippen molar-refractivity contribution in [2.45, 2.75) is 40.0 Å². The van der Waals surface area contributed by atoms with Crippen molar-refractivity contribution in [2.75, 3.05) is 57.3 Å². The molecule has 7 nitrogen and oxygen atoms in total. The number of primary amides is 1. The number of halogens is 1. The first-order valence-corrected chi connectivity index (χ1v) is 11.4. The van der Waals surface area contributed by atoms with Gasteiger partial charge in [0.2, 0.25) is 5.91 Å².